The zero-order valence-corrected chi connectivity index (χ0v) is 9.10. The van der Waals surface area contributed by atoms with E-state index in [9.17, 15) is 0 Å². The van der Waals surface area contributed by atoms with Crippen LogP contribution in [0.3, 0.4) is 0 Å². The average Bonchev–Trinajstić information content (AvgIpc) is 1.88. The maximum Gasteiger partial charge on any atom is 0.0258 e. The SMILES string of the molecule is CCCCCC(I)C(C)N. The lowest BCUT2D eigenvalue weighted by atomic mass is 10.1. The molecule has 0 aliphatic rings. The van der Waals surface area contributed by atoms with Gasteiger partial charge in [-0.15, -0.1) is 0 Å². The second kappa shape index (κ2) is 6.40. The number of hydrogen-bond donors (Lipinski definition) is 1. The third-order valence-corrected chi connectivity index (χ3v) is 3.41. The van der Waals surface area contributed by atoms with Crippen LogP contribution in [0, 0.1) is 0 Å². The van der Waals surface area contributed by atoms with Gasteiger partial charge in [0.25, 0.3) is 0 Å². The van der Waals surface area contributed by atoms with Crippen molar-refractivity contribution in [1.29, 1.82) is 0 Å². The van der Waals surface area contributed by atoms with Gasteiger partial charge in [-0.2, -0.15) is 0 Å². The van der Waals surface area contributed by atoms with Gasteiger partial charge < -0.3 is 5.73 Å². The molecule has 0 rings (SSSR count). The van der Waals surface area contributed by atoms with Crippen LogP contribution in [0.25, 0.3) is 0 Å². The van der Waals surface area contributed by atoms with Crippen molar-refractivity contribution in [3.8, 4) is 0 Å². The van der Waals surface area contributed by atoms with Gasteiger partial charge >= 0.3 is 0 Å². The average molecular weight is 255 g/mol. The zero-order chi connectivity index (χ0) is 7.98. The van der Waals surface area contributed by atoms with Crippen molar-refractivity contribution in [3.63, 3.8) is 0 Å². The molecule has 0 spiro atoms. The first-order chi connectivity index (χ1) is 4.68. The molecule has 2 unspecified atom stereocenters. The van der Waals surface area contributed by atoms with Crippen molar-refractivity contribution in [2.45, 2.75) is 49.5 Å². The minimum atomic E-state index is 0.359. The third-order valence-electron chi connectivity index (χ3n) is 1.65. The van der Waals surface area contributed by atoms with E-state index in [1.807, 2.05) is 0 Å². The maximum atomic E-state index is 5.71. The van der Waals surface area contributed by atoms with Gasteiger partial charge in [-0.25, -0.2) is 0 Å². The Morgan fingerprint density at radius 3 is 2.40 bits per heavy atom. The molecule has 0 bridgehead atoms. The van der Waals surface area contributed by atoms with E-state index in [4.69, 9.17) is 5.73 Å². The molecule has 2 N–H and O–H groups in total. The molecule has 0 radical (unpaired) electrons. The van der Waals surface area contributed by atoms with E-state index in [0.29, 0.717) is 9.97 Å². The summed E-state index contributed by atoms with van der Waals surface area (Å²) in [5.74, 6) is 0. The van der Waals surface area contributed by atoms with Crippen LogP contribution in [0.1, 0.15) is 39.5 Å². The first kappa shape index (κ1) is 10.7. The molecule has 62 valence electrons. The highest BCUT2D eigenvalue weighted by Gasteiger charge is 2.07. The summed E-state index contributed by atoms with van der Waals surface area (Å²) >= 11 is 2.45. The predicted molar refractivity (Wildman–Crippen MR) is 55.6 cm³/mol. The van der Waals surface area contributed by atoms with E-state index in [2.05, 4.69) is 36.4 Å². The highest BCUT2D eigenvalue weighted by atomic mass is 127. The molecule has 0 aliphatic carbocycles. The second-order valence-electron chi connectivity index (χ2n) is 2.87. The fourth-order valence-electron chi connectivity index (χ4n) is 0.852. The van der Waals surface area contributed by atoms with Crippen molar-refractivity contribution in [3.05, 3.63) is 0 Å². The van der Waals surface area contributed by atoms with E-state index in [-0.39, 0.29) is 0 Å². The predicted octanol–water partition coefficient (Wildman–Crippen LogP) is 2.72. The van der Waals surface area contributed by atoms with E-state index >= 15 is 0 Å². The van der Waals surface area contributed by atoms with E-state index in [0.717, 1.165) is 0 Å². The van der Waals surface area contributed by atoms with Crippen LogP contribution in [0.2, 0.25) is 0 Å². The van der Waals surface area contributed by atoms with E-state index < -0.39 is 0 Å². The van der Waals surface area contributed by atoms with Gasteiger partial charge in [0, 0.05) is 9.97 Å². The van der Waals surface area contributed by atoms with Crippen LogP contribution >= 0.6 is 22.6 Å². The lowest BCUT2D eigenvalue weighted by Gasteiger charge is -2.12. The monoisotopic (exact) mass is 255 g/mol. The molecule has 0 aromatic carbocycles. The van der Waals surface area contributed by atoms with Gasteiger partial charge in [-0.3, -0.25) is 0 Å². The molecular formula is C8H18IN. The summed E-state index contributed by atoms with van der Waals surface area (Å²) in [6, 6.07) is 0.359. The third kappa shape index (κ3) is 5.47. The first-order valence-corrected chi connectivity index (χ1v) is 5.32. The molecule has 0 fully saturated rings. The quantitative estimate of drug-likeness (QED) is 0.456. The fourth-order valence-corrected chi connectivity index (χ4v) is 1.29. The molecule has 0 saturated heterocycles. The minimum absolute atomic E-state index is 0.359. The number of nitrogens with two attached hydrogens (primary N) is 1. The summed E-state index contributed by atoms with van der Waals surface area (Å²) in [4.78, 5) is 0. The highest BCUT2D eigenvalue weighted by molar-refractivity contribution is 14.1. The molecule has 0 aromatic heterocycles. The standard InChI is InChI=1S/C8H18IN/c1-3-4-5-6-8(9)7(2)10/h7-8H,3-6,10H2,1-2H3. The Balaban J connectivity index is 3.13. The van der Waals surface area contributed by atoms with Gasteiger partial charge in [-0.05, 0) is 13.3 Å². The van der Waals surface area contributed by atoms with Crippen molar-refractivity contribution in [2.24, 2.45) is 5.73 Å². The zero-order valence-electron chi connectivity index (χ0n) is 6.94. The topological polar surface area (TPSA) is 26.0 Å². The Bertz CT molecular complexity index is 73.7. The summed E-state index contributed by atoms with van der Waals surface area (Å²) in [6.07, 6.45) is 5.28. The summed E-state index contributed by atoms with van der Waals surface area (Å²) in [7, 11) is 0. The molecule has 10 heavy (non-hydrogen) atoms. The van der Waals surface area contributed by atoms with Crippen molar-refractivity contribution in [2.75, 3.05) is 0 Å². The molecule has 0 heterocycles. The number of rotatable bonds is 5. The fraction of sp³-hybridized carbons (Fsp3) is 1.00. The van der Waals surface area contributed by atoms with Crippen LogP contribution in [0.4, 0.5) is 0 Å². The van der Waals surface area contributed by atoms with Crippen molar-refractivity contribution < 1.29 is 0 Å². The molecule has 0 amide bonds. The normalized spacial score (nSPS) is 16.8. The summed E-state index contributed by atoms with van der Waals surface area (Å²) in [5.41, 5.74) is 5.71. The maximum absolute atomic E-state index is 5.71. The van der Waals surface area contributed by atoms with E-state index in [1.54, 1.807) is 0 Å². The van der Waals surface area contributed by atoms with Gasteiger partial charge in [0.2, 0.25) is 0 Å². The van der Waals surface area contributed by atoms with Crippen LogP contribution in [0.15, 0.2) is 0 Å². The molecule has 1 nitrogen and oxygen atoms in total. The molecule has 2 atom stereocenters. The van der Waals surface area contributed by atoms with Crippen molar-refractivity contribution in [1.82, 2.24) is 0 Å². The van der Waals surface area contributed by atoms with Crippen LogP contribution in [-0.4, -0.2) is 9.97 Å². The summed E-state index contributed by atoms with van der Waals surface area (Å²) in [6.45, 7) is 4.32. The molecule has 0 aromatic rings. The molecular weight excluding hydrogens is 237 g/mol. The number of alkyl halides is 1. The van der Waals surface area contributed by atoms with Gasteiger partial charge in [0.1, 0.15) is 0 Å². The smallest absolute Gasteiger partial charge is 0.0258 e. The Morgan fingerprint density at radius 2 is 2.00 bits per heavy atom. The lowest BCUT2D eigenvalue weighted by molar-refractivity contribution is 0.603. The Kier molecular flexibility index (Phi) is 6.85. The molecule has 0 aliphatic heterocycles. The van der Waals surface area contributed by atoms with Crippen LogP contribution in [-0.2, 0) is 0 Å². The first-order valence-electron chi connectivity index (χ1n) is 4.08. The van der Waals surface area contributed by atoms with Gasteiger partial charge in [0.15, 0.2) is 0 Å². The number of hydrogen-bond acceptors (Lipinski definition) is 1. The minimum Gasteiger partial charge on any atom is -0.327 e. The second-order valence-corrected chi connectivity index (χ2v) is 4.47. The Labute approximate surface area is 77.9 Å². The number of halogens is 1. The van der Waals surface area contributed by atoms with Crippen molar-refractivity contribution >= 4 is 22.6 Å². The largest absolute Gasteiger partial charge is 0.327 e. The van der Waals surface area contributed by atoms with Crippen LogP contribution < -0.4 is 5.73 Å². The number of unbranched alkanes of at least 4 members (excludes halogenated alkanes) is 2. The lowest BCUT2D eigenvalue weighted by Crippen LogP contribution is -2.26. The Morgan fingerprint density at radius 1 is 1.40 bits per heavy atom. The Hall–Kier alpha value is 0.690. The highest BCUT2D eigenvalue weighted by Crippen LogP contribution is 2.13. The summed E-state index contributed by atoms with van der Waals surface area (Å²) in [5, 5.41) is 0. The van der Waals surface area contributed by atoms with Crippen LogP contribution in [0.5, 0.6) is 0 Å². The van der Waals surface area contributed by atoms with E-state index in [1.165, 1.54) is 25.7 Å². The molecule has 0 saturated carbocycles. The molecule has 2 heteroatoms. The van der Waals surface area contributed by atoms with Gasteiger partial charge in [0.05, 0.1) is 0 Å². The van der Waals surface area contributed by atoms with Gasteiger partial charge in [-0.1, -0.05) is 48.8 Å². The summed E-state index contributed by atoms with van der Waals surface area (Å²) < 4.78 is 0.671.